The molecule has 0 fully saturated rings. The molecule has 1 amide bonds. The standard InChI is InChI=1S/C11H14F2N2OS2/c1-3-14-10(16)9-6-15-11(18-9)17-5-4-8(13)7(2)12/h6H,3-5H2,1-2H3,(H,14,16)/b8-7+. The summed E-state index contributed by atoms with van der Waals surface area (Å²) in [5.74, 6) is -1.27. The Kier molecular flexibility index (Phi) is 6.28. The minimum absolute atomic E-state index is 0.0308. The Balaban J connectivity index is 2.45. The zero-order chi connectivity index (χ0) is 13.5. The van der Waals surface area contributed by atoms with Crippen molar-refractivity contribution in [2.75, 3.05) is 12.3 Å². The molecule has 7 heteroatoms. The predicted octanol–water partition coefficient (Wildman–Crippen LogP) is 3.55. The summed E-state index contributed by atoms with van der Waals surface area (Å²) in [5.41, 5.74) is 0. The number of amides is 1. The number of nitrogens with zero attached hydrogens (tertiary/aromatic N) is 1. The maximum atomic E-state index is 12.9. The van der Waals surface area contributed by atoms with Gasteiger partial charge in [-0.25, -0.2) is 13.8 Å². The number of thiazole rings is 1. The lowest BCUT2D eigenvalue weighted by molar-refractivity contribution is 0.0959. The molecule has 0 aliphatic rings. The number of halogens is 2. The van der Waals surface area contributed by atoms with Crippen LogP contribution in [-0.4, -0.2) is 23.2 Å². The van der Waals surface area contributed by atoms with E-state index in [4.69, 9.17) is 0 Å². The zero-order valence-corrected chi connectivity index (χ0v) is 11.8. The molecular weight excluding hydrogens is 278 g/mol. The highest BCUT2D eigenvalue weighted by atomic mass is 32.2. The first kappa shape index (κ1) is 15.1. The molecule has 0 radical (unpaired) electrons. The number of thioether (sulfide) groups is 1. The van der Waals surface area contributed by atoms with E-state index in [0.717, 1.165) is 6.92 Å². The third-order valence-electron chi connectivity index (χ3n) is 1.97. The van der Waals surface area contributed by atoms with Crippen molar-refractivity contribution < 1.29 is 13.6 Å². The van der Waals surface area contributed by atoms with Crippen LogP contribution in [0.25, 0.3) is 0 Å². The van der Waals surface area contributed by atoms with E-state index in [9.17, 15) is 13.6 Å². The van der Waals surface area contributed by atoms with Crippen LogP contribution < -0.4 is 5.32 Å². The molecule has 0 atom stereocenters. The van der Waals surface area contributed by atoms with Gasteiger partial charge in [-0.3, -0.25) is 4.79 Å². The molecule has 0 unspecified atom stereocenters. The van der Waals surface area contributed by atoms with E-state index in [0.29, 0.717) is 21.5 Å². The fourth-order valence-corrected chi connectivity index (χ4v) is 2.98. The maximum absolute atomic E-state index is 12.9. The van der Waals surface area contributed by atoms with Gasteiger partial charge in [-0.15, -0.1) is 11.3 Å². The van der Waals surface area contributed by atoms with Gasteiger partial charge in [-0.2, -0.15) is 0 Å². The van der Waals surface area contributed by atoms with Gasteiger partial charge < -0.3 is 5.32 Å². The molecular formula is C11H14F2N2OS2. The third-order valence-corrected chi connectivity index (χ3v) is 4.12. The van der Waals surface area contributed by atoms with Crippen LogP contribution in [0.15, 0.2) is 22.2 Å². The van der Waals surface area contributed by atoms with E-state index < -0.39 is 11.7 Å². The zero-order valence-electron chi connectivity index (χ0n) is 10.1. The minimum Gasteiger partial charge on any atom is -0.352 e. The Bertz CT molecular complexity index is 442. The number of nitrogens with one attached hydrogen (secondary N) is 1. The van der Waals surface area contributed by atoms with Gasteiger partial charge in [0, 0.05) is 18.7 Å². The van der Waals surface area contributed by atoms with E-state index in [1.807, 2.05) is 6.92 Å². The maximum Gasteiger partial charge on any atom is 0.263 e. The lowest BCUT2D eigenvalue weighted by Crippen LogP contribution is -2.21. The fourth-order valence-electron chi connectivity index (χ4n) is 1.08. The quantitative estimate of drug-likeness (QED) is 0.815. The van der Waals surface area contributed by atoms with Crippen molar-refractivity contribution >= 4 is 29.0 Å². The number of rotatable bonds is 6. The summed E-state index contributed by atoms with van der Waals surface area (Å²) in [6, 6.07) is 0. The lowest BCUT2D eigenvalue weighted by Gasteiger charge is -1.97. The van der Waals surface area contributed by atoms with Crippen LogP contribution in [0, 0.1) is 0 Å². The molecule has 0 bridgehead atoms. The predicted molar refractivity (Wildman–Crippen MR) is 70.4 cm³/mol. The number of carbonyl (C=O) groups excluding carboxylic acids is 1. The summed E-state index contributed by atoms with van der Waals surface area (Å²) in [4.78, 5) is 16.0. The Hall–Kier alpha value is -0.950. The van der Waals surface area contributed by atoms with Crippen molar-refractivity contribution in [1.82, 2.24) is 10.3 Å². The molecule has 100 valence electrons. The van der Waals surface area contributed by atoms with E-state index in [1.54, 1.807) is 0 Å². The normalized spacial score (nSPS) is 12.2. The van der Waals surface area contributed by atoms with Crippen molar-refractivity contribution in [3.8, 4) is 0 Å². The van der Waals surface area contributed by atoms with Crippen LogP contribution in [0.1, 0.15) is 29.9 Å². The van der Waals surface area contributed by atoms with Crippen LogP contribution in [0.2, 0.25) is 0 Å². The highest BCUT2D eigenvalue weighted by Gasteiger charge is 2.10. The molecule has 1 aromatic rings. The van der Waals surface area contributed by atoms with Gasteiger partial charge in [0.1, 0.15) is 16.5 Å². The smallest absolute Gasteiger partial charge is 0.263 e. The molecule has 0 saturated heterocycles. The molecule has 0 aliphatic carbocycles. The Morgan fingerprint density at radius 1 is 1.56 bits per heavy atom. The summed E-state index contributed by atoms with van der Waals surface area (Å²) >= 11 is 2.56. The third kappa shape index (κ3) is 4.73. The van der Waals surface area contributed by atoms with Crippen molar-refractivity contribution in [2.45, 2.75) is 24.6 Å². The Morgan fingerprint density at radius 3 is 2.89 bits per heavy atom. The summed E-state index contributed by atoms with van der Waals surface area (Å²) in [6.45, 7) is 3.49. The van der Waals surface area contributed by atoms with E-state index in [-0.39, 0.29) is 12.3 Å². The molecule has 1 rings (SSSR count). The van der Waals surface area contributed by atoms with Crippen LogP contribution >= 0.6 is 23.1 Å². The van der Waals surface area contributed by atoms with Gasteiger partial charge in [0.2, 0.25) is 0 Å². The second kappa shape index (κ2) is 7.48. The van der Waals surface area contributed by atoms with Crippen LogP contribution in [0.4, 0.5) is 8.78 Å². The Labute approximate surface area is 113 Å². The second-order valence-corrected chi connectivity index (χ2v) is 5.76. The molecule has 0 spiro atoms. The Morgan fingerprint density at radius 2 is 2.28 bits per heavy atom. The summed E-state index contributed by atoms with van der Waals surface area (Å²) in [6.07, 6.45) is 1.52. The number of carbonyl (C=O) groups is 1. The van der Waals surface area contributed by atoms with Crippen molar-refractivity contribution in [2.24, 2.45) is 0 Å². The highest BCUT2D eigenvalue weighted by Crippen LogP contribution is 2.26. The van der Waals surface area contributed by atoms with Gasteiger partial charge in [-0.1, -0.05) is 11.8 Å². The van der Waals surface area contributed by atoms with Crippen LogP contribution in [-0.2, 0) is 0 Å². The molecule has 1 aromatic heterocycles. The first-order valence-corrected chi connectivity index (χ1v) is 7.22. The number of hydrogen-bond donors (Lipinski definition) is 1. The minimum atomic E-state index is -0.780. The van der Waals surface area contributed by atoms with Gasteiger partial charge in [0.15, 0.2) is 4.34 Å². The molecule has 0 aliphatic heterocycles. The van der Waals surface area contributed by atoms with Crippen molar-refractivity contribution in [1.29, 1.82) is 0 Å². The van der Waals surface area contributed by atoms with E-state index in [2.05, 4.69) is 10.3 Å². The number of allylic oxidation sites excluding steroid dienone is 2. The summed E-state index contributed by atoms with van der Waals surface area (Å²) in [7, 11) is 0. The first-order chi connectivity index (χ1) is 8.54. The SMILES string of the molecule is CCNC(=O)c1cnc(SCC/C(F)=C(/C)F)s1. The van der Waals surface area contributed by atoms with Crippen LogP contribution in [0.3, 0.4) is 0 Å². The van der Waals surface area contributed by atoms with Gasteiger partial charge in [-0.05, 0) is 13.8 Å². The fraction of sp³-hybridized carbons (Fsp3) is 0.455. The average molecular weight is 292 g/mol. The van der Waals surface area contributed by atoms with Crippen molar-refractivity contribution in [3.05, 3.63) is 22.7 Å². The highest BCUT2D eigenvalue weighted by molar-refractivity contribution is 8.01. The molecule has 18 heavy (non-hydrogen) atoms. The van der Waals surface area contributed by atoms with Crippen LogP contribution in [0.5, 0.6) is 0 Å². The second-order valence-electron chi connectivity index (χ2n) is 3.39. The lowest BCUT2D eigenvalue weighted by atomic mass is 10.4. The average Bonchev–Trinajstić information content (AvgIpc) is 2.78. The van der Waals surface area contributed by atoms with E-state index in [1.165, 1.54) is 29.3 Å². The molecule has 1 N–H and O–H groups in total. The summed E-state index contributed by atoms with van der Waals surface area (Å²) < 4.78 is 26.0. The molecule has 3 nitrogen and oxygen atoms in total. The monoisotopic (exact) mass is 292 g/mol. The molecule has 0 saturated carbocycles. The van der Waals surface area contributed by atoms with Gasteiger partial charge in [0.05, 0.1) is 6.20 Å². The largest absolute Gasteiger partial charge is 0.352 e. The first-order valence-electron chi connectivity index (χ1n) is 5.42. The van der Waals surface area contributed by atoms with Gasteiger partial charge in [0.25, 0.3) is 5.91 Å². The molecule has 1 heterocycles. The van der Waals surface area contributed by atoms with E-state index >= 15 is 0 Å². The molecule has 0 aromatic carbocycles. The number of aromatic nitrogens is 1. The van der Waals surface area contributed by atoms with Crippen molar-refractivity contribution in [3.63, 3.8) is 0 Å². The topological polar surface area (TPSA) is 42.0 Å². The summed E-state index contributed by atoms with van der Waals surface area (Å²) in [5, 5.41) is 2.67. The van der Waals surface area contributed by atoms with Gasteiger partial charge >= 0.3 is 0 Å². The number of hydrogen-bond acceptors (Lipinski definition) is 4.